The number of carbonyl (C=O) groups is 1. The van der Waals surface area contributed by atoms with Gasteiger partial charge in [-0.05, 0) is 62.4 Å². The van der Waals surface area contributed by atoms with Crippen molar-refractivity contribution in [3.63, 3.8) is 0 Å². The molecule has 0 saturated heterocycles. The number of carbonyl (C=O) groups excluding carboxylic acids is 1. The molecule has 0 fully saturated rings. The normalized spacial score (nSPS) is 11.0. The maximum atomic E-state index is 11.9. The summed E-state index contributed by atoms with van der Waals surface area (Å²) in [6.45, 7) is 3.90. The average molecular weight is 461 g/mol. The van der Waals surface area contributed by atoms with Crippen molar-refractivity contribution in [2.75, 3.05) is 6.61 Å². The molecular formula is C21H19BrClN3O2. The Morgan fingerprint density at radius 2 is 1.96 bits per heavy atom. The van der Waals surface area contributed by atoms with Crippen LogP contribution in [0.3, 0.4) is 0 Å². The maximum Gasteiger partial charge on any atom is 0.277 e. The van der Waals surface area contributed by atoms with E-state index in [1.54, 1.807) is 30.5 Å². The Morgan fingerprint density at radius 3 is 2.68 bits per heavy atom. The molecule has 1 N–H and O–H groups in total. The summed E-state index contributed by atoms with van der Waals surface area (Å²) in [5.41, 5.74) is 6.59. The molecule has 5 nitrogen and oxygen atoms in total. The van der Waals surface area contributed by atoms with Gasteiger partial charge in [0.2, 0.25) is 0 Å². The fraction of sp³-hybridized carbons (Fsp3) is 0.143. The SMILES string of the molecule is Cc1cc(/C=N/NC(=O)COc2cccc(Cl)c2)c(C)n1-c1ccc(Br)cc1. The standard InChI is InChI=1S/C21H19BrClN3O2/c1-14-10-16(15(2)26(14)19-8-6-17(22)7-9-19)12-24-25-21(27)13-28-20-5-3-4-18(23)11-20/h3-12H,13H2,1-2H3,(H,25,27)/b24-12+. The molecule has 2 aromatic carbocycles. The van der Waals surface area contributed by atoms with Crippen LogP contribution in [0.15, 0.2) is 64.2 Å². The van der Waals surface area contributed by atoms with E-state index in [0.29, 0.717) is 10.8 Å². The first-order valence-electron chi connectivity index (χ1n) is 8.59. The van der Waals surface area contributed by atoms with Gasteiger partial charge in [0.25, 0.3) is 5.91 Å². The first-order valence-corrected chi connectivity index (χ1v) is 9.76. The molecule has 0 aliphatic heterocycles. The van der Waals surface area contributed by atoms with Gasteiger partial charge in [-0.15, -0.1) is 0 Å². The summed E-state index contributed by atoms with van der Waals surface area (Å²) in [5, 5.41) is 4.60. The summed E-state index contributed by atoms with van der Waals surface area (Å²) in [7, 11) is 0. The van der Waals surface area contributed by atoms with E-state index in [1.807, 2.05) is 44.2 Å². The molecule has 1 amide bonds. The van der Waals surface area contributed by atoms with E-state index < -0.39 is 0 Å². The smallest absolute Gasteiger partial charge is 0.277 e. The minimum Gasteiger partial charge on any atom is -0.484 e. The fourth-order valence-corrected chi connectivity index (χ4v) is 3.26. The number of amides is 1. The van der Waals surface area contributed by atoms with Gasteiger partial charge in [0.05, 0.1) is 6.21 Å². The number of nitrogens with zero attached hydrogens (tertiary/aromatic N) is 2. The highest BCUT2D eigenvalue weighted by Gasteiger charge is 2.09. The lowest BCUT2D eigenvalue weighted by Crippen LogP contribution is -2.24. The topological polar surface area (TPSA) is 55.6 Å². The van der Waals surface area contributed by atoms with E-state index in [-0.39, 0.29) is 12.5 Å². The number of hydrogen-bond donors (Lipinski definition) is 1. The zero-order valence-corrected chi connectivity index (χ0v) is 17.8. The lowest BCUT2D eigenvalue weighted by molar-refractivity contribution is -0.123. The van der Waals surface area contributed by atoms with Crippen molar-refractivity contribution in [3.8, 4) is 11.4 Å². The summed E-state index contributed by atoms with van der Waals surface area (Å²) < 4.78 is 8.55. The highest BCUT2D eigenvalue weighted by molar-refractivity contribution is 9.10. The molecule has 0 bridgehead atoms. The minimum absolute atomic E-state index is 0.143. The molecule has 0 unspecified atom stereocenters. The number of hydrazone groups is 1. The predicted octanol–water partition coefficient (Wildman–Crippen LogP) is 5.04. The Balaban J connectivity index is 1.62. The van der Waals surface area contributed by atoms with Crippen LogP contribution >= 0.6 is 27.5 Å². The van der Waals surface area contributed by atoms with Crippen molar-refractivity contribution in [2.24, 2.45) is 5.10 Å². The van der Waals surface area contributed by atoms with Gasteiger partial charge >= 0.3 is 0 Å². The van der Waals surface area contributed by atoms with Crippen LogP contribution in [-0.2, 0) is 4.79 Å². The van der Waals surface area contributed by atoms with E-state index in [0.717, 1.165) is 27.1 Å². The van der Waals surface area contributed by atoms with Crippen LogP contribution in [0.1, 0.15) is 17.0 Å². The lowest BCUT2D eigenvalue weighted by atomic mass is 10.2. The molecule has 0 radical (unpaired) electrons. The molecule has 28 heavy (non-hydrogen) atoms. The molecule has 0 aliphatic rings. The Morgan fingerprint density at radius 1 is 1.21 bits per heavy atom. The van der Waals surface area contributed by atoms with Crippen molar-refractivity contribution < 1.29 is 9.53 Å². The second-order valence-corrected chi connectivity index (χ2v) is 7.53. The van der Waals surface area contributed by atoms with Crippen LogP contribution in [0, 0.1) is 13.8 Å². The molecule has 0 saturated carbocycles. The Labute approximate surface area is 177 Å². The van der Waals surface area contributed by atoms with Crippen molar-refractivity contribution in [3.05, 3.63) is 81.0 Å². The molecule has 3 aromatic rings. The molecule has 7 heteroatoms. The number of rotatable bonds is 6. The fourth-order valence-electron chi connectivity index (χ4n) is 2.82. The van der Waals surface area contributed by atoms with E-state index in [9.17, 15) is 4.79 Å². The second kappa shape index (κ2) is 9.08. The largest absolute Gasteiger partial charge is 0.484 e. The van der Waals surface area contributed by atoms with Gasteiger partial charge in [-0.1, -0.05) is 33.6 Å². The Bertz CT molecular complexity index is 1010. The van der Waals surface area contributed by atoms with Gasteiger partial charge in [0.15, 0.2) is 6.61 Å². The van der Waals surface area contributed by atoms with Gasteiger partial charge < -0.3 is 9.30 Å². The van der Waals surface area contributed by atoms with Crippen molar-refractivity contribution >= 4 is 39.7 Å². The molecular weight excluding hydrogens is 442 g/mol. The van der Waals surface area contributed by atoms with Crippen LogP contribution < -0.4 is 10.2 Å². The summed E-state index contributed by atoms with van der Waals surface area (Å²) in [4.78, 5) is 11.9. The summed E-state index contributed by atoms with van der Waals surface area (Å²) in [5.74, 6) is 0.183. The van der Waals surface area contributed by atoms with Crippen LogP contribution in [0.2, 0.25) is 5.02 Å². The molecule has 0 aliphatic carbocycles. The number of aryl methyl sites for hydroxylation is 1. The minimum atomic E-state index is -0.349. The number of benzene rings is 2. The van der Waals surface area contributed by atoms with Crippen LogP contribution in [-0.4, -0.2) is 23.3 Å². The van der Waals surface area contributed by atoms with E-state index >= 15 is 0 Å². The summed E-state index contributed by atoms with van der Waals surface area (Å²) >= 11 is 9.34. The third kappa shape index (κ3) is 5.03. The predicted molar refractivity (Wildman–Crippen MR) is 116 cm³/mol. The van der Waals surface area contributed by atoms with Crippen LogP contribution in [0.5, 0.6) is 5.75 Å². The van der Waals surface area contributed by atoms with Crippen LogP contribution in [0.25, 0.3) is 5.69 Å². The first kappa shape index (κ1) is 20.2. The molecule has 0 spiro atoms. The molecule has 1 aromatic heterocycles. The maximum absolute atomic E-state index is 11.9. The number of nitrogens with one attached hydrogen (secondary N) is 1. The Hall–Kier alpha value is -2.57. The van der Waals surface area contributed by atoms with Gasteiger partial charge in [-0.2, -0.15) is 5.10 Å². The second-order valence-electron chi connectivity index (χ2n) is 6.18. The van der Waals surface area contributed by atoms with Gasteiger partial charge in [-0.3, -0.25) is 4.79 Å². The molecule has 144 valence electrons. The quantitative estimate of drug-likeness (QED) is 0.414. The van der Waals surface area contributed by atoms with Gasteiger partial charge in [0.1, 0.15) is 5.75 Å². The lowest BCUT2D eigenvalue weighted by Gasteiger charge is -2.09. The zero-order valence-electron chi connectivity index (χ0n) is 15.4. The van der Waals surface area contributed by atoms with Crippen molar-refractivity contribution in [1.29, 1.82) is 0 Å². The third-order valence-corrected chi connectivity index (χ3v) is 4.88. The van der Waals surface area contributed by atoms with E-state index in [2.05, 4.69) is 31.0 Å². The first-order chi connectivity index (χ1) is 13.4. The van der Waals surface area contributed by atoms with Crippen molar-refractivity contribution in [1.82, 2.24) is 9.99 Å². The molecule has 1 heterocycles. The van der Waals surface area contributed by atoms with Gasteiger partial charge in [-0.25, -0.2) is 5.43 Å². The molecule has 0 atom stereocenters. The summed E-state index contributed by atoms with van der Waals surface area (Å²) in [6.07, 6.45) is 1.63. The number of hydrogen-bond acceptors (Lipinski definition) is 3. The Kier molecular flexibility index (Phi) is 6.54. The molecule has 3 rings (SSSR count). The zero-order chi connectivity index (χ0) is 20.1. The average Bonchev–Trinajstić information content (AvgIpc) is 2.95. The van der Waals surface area contributed by atoms with E-state index in [1.165, 1.54) is 0 Å². The van der Waals surface area contributed by atoms with Crippen molar-refractivity contribution in [2.45, 2.75) is 13.8 Å². The van der Waals surface area contributed by atoms with E-state index in [4.69, 9.17) is 16.3 Å². The highest BCUT2D eigenvalue weighted by Crippen LogP contribution is 2.21. The number of aromatic nitrogens is 1. The monoisotopic (exact) mass is 459 g/mol. The number of ether oxygens (including phenoxy) is 1. The summed E-state index contributed by atoms with van der Waals surface area (Å²) in [6, 6.07) is 17.0. The number of halogens is 2. The van der Waals surface area contributed by atoms with Gasteiger partial charge in [0, 0.05) is 32.1 Å². The van der Waals surface area contributed by atoms with Crippen LogP contribution in [0.4, 0.5) is 0 Å². The highest BCUT2D eigenvalue weighted by atomic mass is 79.9. The third-order valence-electron chi connectivity index (χ3n) is 4.11.